The zero-order valence-electron chi connectivity index (χ0n) is 4.31. The van der Waals surface area contributed by atoms with Crippen molar-refractivity contribution in [2.45, 2.75) is 12.5 Å². The average molecular weight is 99.1 g/mol. The quantitative estimate of drug-likeness (QED) is 0.428. The van der Waals surface area contributed by atoms with Crippen LogP contribution in [-0.4, -0.2) is 17.3 Å². The van der Waals surface area contributed by atoms with E-state index in [9.17, 15) is 0 Å². The van der Waals surface area contributed by atoms with Gasteiger partial charge in [0.15, 0.2) is 0 Å². The molecule has 2 nitrogen and oxygen atoms in total. The van der Waals surface area contributed by atoms with E-state index >= 15 is 0 Å². The third kappa shape index (κ3) is 2.21. The predicted octanol–water partition coefficient (Wildman–Crippen LogP) is -0.671. The summed E-state index contributed by atoms with van der Waals surface area (Å²) in [6, 6.07) is 0. The minimum absolute atomic E-state index is 0.163. The van der Waals surface area contributed by atoms with Crippen molar-refractivity contribution in [1.29, 1.82) is 0 Å². The van der Waals surface area contributed by atoms with Gasteiger partial charge in [-0.2, -0.15) is 0 Å². The summed E-state index contributed by atoms with van der Waals surface area (Å²) in [5.74, 6) is 2.22. The average Bonchev–Trinajstić information content (AvgIpc) is 1.68. The lowest BCUT2D eigenvalue weighted by atomic mass is 10.1. The molecule has 0 spiro atoms. The number of nitrogens with two attached hydrogens (primary N) is 1. The van der Waals surface area contributed by atoms with Crippen LogP contribution in [0, 0.1) is 12.3 Å². The first-order valence-electron chi connectivity index (χ1n) is 2.00. The van der Waals surface area contributed by atoms with Crippen LogP contribution < -0.4 is 5.73 Å². The number of hydrogen-bond donors (Lipinski definition) is 2. The minimum Gasteiger partial charge on any atom is -0.393 e. The lowest BCUT2D eigenvalue weighted by molar-refractivity contribution is 0.243. The molecule has 0 aliphatic carbocycles. The summed E-state index contributed by atoms with van der Waals surface area (Å²) in [7, 11) is 0. The van der Waals surface area contributed by atoms with E-state index in [-0.39, 0.29) is 6.61 Å². The van der Waals surface area contributed by atoms with E-state index in [0.29, 0.717) is 0 Å². The molecule has 7 heavy (non-hydrogen) atoms. The Balaban J connectivity index is 3.66. The molecule has 0 aromatic heterocycles. The number of hydrogen-bond acceptors (Lipinski definition) is 2. The van der Waals surface area contributed by atoms with E-state index < -0.39 is 5.54 Å². The summed E-state index contributed by atoms with van der Waals surface area (Å²) in [6.45, 7) is 1.43. The van der Waals surface area contributed by atoms with Crippen LogP contribution in [-0.2, 0) is 0 Å². The Morgan fingerprint density at radius 1 is 2.00 bits per heavy atom. The number of rotatable bonds is 1. The van der Waals surface area contributed by atoms with Crippen LogP contribution in [0.2, 0.25) is 0 Å². The van der Waals surface area contributed by atoms with Crippen molar-refractivity contribution in [3.8, 4) is 12.3 Å². The van der Waals surface area contributed by atoms with E-state index in [1.54, 1.807) is 6.92 Å². The Kier molecular flexibility index (Phi) is 1.82. The molecule has 0 aromatic rings. The van der Waals surface area contributed by atoms with Gasteiger partial charge in [0.05, 0.1) is 12.1 Å². The van der Waals surface area contributed by atoms with Crippen molar-refractivity contribution in [3.63, 3.8) is 0 Å². The fourth-order valence-corrected chi connectivity index (χ4v) is 0.0456. The van der Waals surface area contributed by atoms with Gasteiger partial charge >= 0.3 is 0 Å². The molecule has 40 valence electrons. The van der Waals surface area contributed by atoms with Gasteiger partial charge in [0.25, 0.3) is 0 Å². The number of aliphatic hydroxyl groups is 1. The molecule has 0 radical (unpaired) electrons. The van der Waals surface area contributed by atoms with Gasteiger partial charge in [-0.3, -0.25) is 0 Å². The highest BCUT2D eigenvalue weighted by Crippen LogP contribution is 1.90. The fourth-order valence-electron chi connectivity index (χ4n) is 0.0456. The van der Waals surface area contributed by atoms with Crippen molar-refractivity contribution in [2.24, 2.45) is 5.73 Å². The van der Waals surface area contributed by atoms with E-state index in [4.69, 9.17) is 17.3 Å². The zero-order valence-corrected chi connectivity index (χ0v) is 4.31. The molecule has 0 fully saturated rings. The first-order chi connectivity index (χ1) is 3.12. The second-order valence-electron chi connectivity index (χ2n) is 1.72. The maximum absolute atomic E-state index is 8.33. The maximum Gasteiger partial charge on any atom is 0.0978 e. The monoisotopic (exact) mass is 99.1 g/mol. The summed E-state index contributed by atoms with van der Waals surface area (Å²) in [6.07, 6.45) is 4.88. The smallest absolute Gasteiger partial charge is 0.0978 e. The Hall–Kier alpha value is -0.520. The lowest BCUT2D eigenvalue weighted by Crippen LogP contribution is -2.37. The predicted molar refractivity (Wildman–Crippen MR) is 28.5 cm³/mol. The highest BCUT2D eigenvalue weighted by molar-refractivity contribution is 5.07. The summed E-state index contributed by atoms with van der Waals surface area (Å²) >= 11 is 0. The van der Waals surface area contributed by atoms with E-state index in [1.807, 2.05) is 0 Å². The van der Waals surface area contributed by atoms with Crippen molar-refractivity contribution in [2.75, 3.05) is 6.61 Å². The standard InChI is InChI=1S/C5H9NO/c1-3-5(2,6)4-7/h1,7H,4,6H2,2H3/t5-/m1/s1. The van der Waals surface area contributed by atoms with Gasteiger partial charge in [-0.25, -0.2) is 0 Å². The highest BCUT2D eigenvalue weighted by Gasteiger charge is 2.10. The highest BCUT2D eigenvalue weighted by atomic mass is 16.3. The van der Waals surface area contributed by atoms with Crippen LogP contribution in [0.3, 0.4) is 0 Å². The molecule has 0 saturated heterocycles. The molecule has 0 unspecified atom stereocenters. The third-order valence-corrected chi connectivity index (χ3v) is 0.658. The van der Waals surface area contributed by atoms with E-state index in [0.717, 1.165) is 0 Å². The lowest BCUT2D eigenvalue weighted by Gasteiger charge is -2.11. The molecular weight excluding hydrogens is 90.1 g/mol. The Morgan fingerprint density at radius 2 is 2.43 bits per heavy atom. The molecule has 2 heteroatoms. The molecule has 0 saturated carbocycles. The maximum atomic E-state index is 8.33. The number of aliphatic hydroxyl groups excluding tert-OH is 1. The molecule has 0 aromatic carbocycles. The van der Waals surface area contributed by atoms with Crippen molar-refractivity contribution in [3.05, 3.63) is 0 Å². The molecule has 0 heterocycles. The van der Waals surface area contributed by atoms with E-state index in [2.05, 4.69) is 5.92 Å². The Labute approximate surface area is 43.3 Å². The van der Waals surface area contributed by atoms with Crippen LogP contribution in [0.5, 0.6) is 0 Å². The van der Waals surface area contributed by atoms with Crippen LogP contribution in [0.15, 0.2) is 0 Å². The molecular formula is C5H9NO. The number of terminal acetylenes is 1. The molecule has 0 aliphatic rings. The summed E-state index contributed by atoms with van der Waals surface area (Å²) < 4.78 is 0. The van der Waals surface area contributed by atoms with Gasteiger partial charge in [-0.1, -0.05) is 5.92 Å². The largest absolute Gasteiger partial charge is 0.393 e. The van der Waals surface area contributed by atoms with Crippen LogP contribution in [0.25, 0.3) is 0 Å². The van der Waals surface area contributed by atoms with Crippen LogP contribution in [0.4, 0.5) is 0 Å². The first-order valence-corrected chi connectivity index (χ1v) is 2.00. The summed E-state index contributed by atoms with van der Waals surface area (Å²) in [5, 5.41) is 8.33. The van der Waals surface area contributed by atoms with E-state index in [1.165, 1.54) is 0 Å². The van der Waals surface area contributed by atoms with Crippen molar-refractivity contribution < 1.29 is 5.11 Å². The van der Waals surface area contributed by atoms with Gasteiger partial charge in [-0.05, 0) is 6.92 Å². The Bertz CT molecular complexity index is 90.7. The third-order valence-electron chi connectivity index (χ3n) is 0.658. The summed E-state index contributed by atoms with van der Waals surface area (Å²) in [4.78, 5) is 0. The second-order valence-corrected chi connectivity index (χ2v) is 1.72. The van der Waals surface area contributed by atoms with Gasteiger partial charge in [0, 0.05) is 0 Å². The van der Waals surface area contributed by atoms with Gasteiger partial charge < -0.3 is 10.8 Å². The second kappa shape index (κ2) is 1.97. The van der Waals surface area contributed by atoms with Gasteiger partial charge in [-0.15, -0.1) is 6.42 Å². The van der Waals surface area contributed by atoms with Gasteiger partial charge in [0.1, 0.15) is 0 Å². The fraction of sp³-hybridized carbons (Fsp3) is 0.600. The van der Waals surface area contributed by atoms with Crippen molar-refractivity contribution in [1.82, 2.24) is 0 Å². The van der Waals surface area contributed by atoms with Crippen molar-refractivity contribution >= 4 is 0 Å². The first kappa shape index (κ1) is 6.48. The molecule has 0 aliphatic heterocycles. The molecule has 0 bridgehead atoms. The SMILES string of the molecule is C#C[C@@](C)(N)CO. The van der Waals surface area contributed by atoms with Crippen LogP contribution in [0.1, 0.15) is 6.92 Å². The molecule has 1 atom stereocenters. The summed E-state index contributed by atoms with van der Waals surface area (Å²) in [5.41, 5.74) is 4.40. The van der Waals surface area contributed by atoms with Gasteiger partial charge in [0.2, 0.25) is 0 Å². The topological polar surface area (TPSA) is 46.2 Å². The molecule has 3 N–H and O–H groups in total. The zero-order chi connectivity index (χ0) is 5.91. The minimum atomic E-state index is -0.833. The molecule has 0 rings (SSSR count). The Morgan fingerprint density at radius 3 is 2.43 bits per heavy atom. The van der Waals surface area contributed by atoms with Crippen LogP contribution >= 0.6 is 0 Å². The molecule has 0 amide bonds. The normalized spacial score (nSPS) is 17.4.